The molecule has 4 heteroatoms. The summed E-state index contributed by atoms with van der Waals surface area (Å²) in [6, 6.07) is 0.415. The van der Waals surface area contributed by atoms with Gasteiger partial charge in [0, 0.05) is 12.2 Å². The van der Waals surface area contributed by atoms with E-state index in [4.69, 9.17) is 5.73 Å². The lowest BCUT2D eigenvalue weighted by Gasteiger charge is -2.10. The van der Waals surface area contributed by atoms with E-state index in [-0.39, 0.29) is 0 Å². The minimum Gasteiger partial charge on any atom is -0.382 e. The predicted octanol–water partition coefficient (Wildman–Crippen LogP) is 1.16. The number of hydrogen-bond donors (Lipinski definition) is 2. The summed E-state index contributed by atoms with van der Waals surface area (Å²) in [5.41, 5.74) is 5.63. The monoisotopic (exact) mass is 182 g/mol. The van der Waals surface area contributed by atoms with E-state index in [0.717, 1.165) is 18.9 Å². The van der Waals surface area contributed by atoms with Gasteiger partial charge in [-0.25, -0.2) is 4.98 Å². The van der Waals surface area contributed by atoms with E-state index in [2.05, 4.69) is 35.6 Å². The van der Waals surface area contributed by atoms with E-state index in [1.54, 1.807) is 0 Å². The molecule has 1 aromatic rings. The lowest BCUT2D eigenvalue weighted by Crippen LogP contribution is -2.17. The second kappa shape index (κ2) is 4.28. The summed E-state index contributed by atoms with van der Waals surface area (Å²) in [5.74, 6) is 1.61. The third kappa shape index (κ3) is 2.45. The highest BCUT2D eigenvalue weighted by Crippen LogP contribution is 2.11. The maximum absolute atomic E-state index is 5.63. The Morgan fingerprint density at radius 2 is 2.31 bits per heavy atom. The number of hydrogen-bond acceptors (Lipinski definition) is 3. The van der Waals surface area contributed by atoms with Gasteiger partial charge in [0.1, 0.15) is 11.6 Å². The molecule has 0 bridgehead atoms. The molecular formula is C9H18N4. The first kappa shape index (κ1) is 10.1. The van der Waals surface area contributed by atoms with Crippen LogP contribution in [0, 0.1) is 0 Å². The molecule has 1 heterocycles. The van der Waals surface area contributed by atoms with Crippen molar-refractivity contribution in [2.45, 2.75) is 33.4 Å². The van der Waals surface area contributed by atoms with Crippen LogP contribution in [-0.2, 0) is 6.54 Å². The predicted molar refractivity (Wildman–Crippen MR) is 54.4 cm³/mol. The minimum absolute atomic E-state index is 0.415. The van der Waals surface area contributed by atoms with Crippen molar-refractivity contribution in [3.63, 3.8) is 0 Å². The number of nitrogens with one attached hydrogen (secondary N) is 1. The Kier molecular flexibility index (Phi) is 3.31. The van der Waals surface area contributed by atoms with Crippen molar-refractivity contribution >= 4 is 5.82 Å². The Labute approximate surface area is 79.1 Å². The van der Waals surface area contributed by atoms with Crippen LogP contribution in [0.5, 0.6) is 0 Å². The fraction of sp³-hybridized carbons (Fsp3) is 0.667. The van der Waals surface area contributed by atoms with Crippen LogP contribution < -0.4 is 11.1 Å². The van der Waals surface area contributed by atoms with Crippen molar-refractivity contribution in [2.75, 3.05) is 12.3 Å². The highest BCUT2D eigenvalue weighted by Gasteiger charge is 2.07. The molecule has 1 aromatic heterocycles. The number of nitrogens with zero attached hydrogens (tertiary/aromatic N) is 2. The van der Waals surface area contributed by atoms with E-state index in [0.29, 0.717) is 11.9 Å². The molecular weight excluding hydrogens is 164 g/mol. The highest BCUT2D eigenvalue weighted by molar-refractivity contribution is 5.26. The van der Waals surface area contributed by atoms with Gasteiger partial charge in [-0.05, 0) is 20.4 Å². The third-order valence-electron chi connectivity index (χ3n) is 1.92. The molecule has 0 aliphatic rings. The largest absolute Gasteiger partial charge is 0.382 e. The first-order chi connectivity index (χ1) is 6.15. The molecule has 0 atom stereocenters. The molecule has 13 heavy (non-hydrogen) atoms. The lowest BCUT2D eigenvalue weighted by atomic mass is 10.4. The lowest BCUT2D eigenvalue weighted by molar-refractivity contribution is 0.547. The molecule has 0 aliphatic carbocycles. The van der Waals surface area contributed by atoms with Gasteiger partial charge in [0.15, 0.2) is 0 Å². The van der Waals surface area contributed by atoms with Gasteiger partial charge in [-0.1, -0.05) is 6.92 Å². The first-order valence-electron chi connectivity index (χ1n) is 4.69. The summed E-state index contributed by atoms with van der Waals surface area (Å²) >= 11 is 0. The maximum Gasteiger partial charge on any atom is 0.141 e. The van der Waals surface area contributed by atoms with Gasteiger partial charge >= 0.3 is 0 Å². The fourth-order valence-corrected chi connectivity index (χ4v) is 1.27. The highest BCUT2D eigenvalue weighted by atomic mass is 15.1. The second-order valence-electron chi connectivity index (χ2n) is 3.36. The minimum atomic E-state index is 0.415. The standard InChI is InChI=1S/C9H18N4/c1-4-11-5-9-12-8(10)6-13(9)7(2)3/h6-7,11H,4-5,10H2,1-3H3. The molecule has 3 N–H and O–H groups in total. The SMILES string of the molecule is CCNCc1nc(N)cn1C(C)C. The number of anilines is 1. The van der Waals surface area contributed by atoms with E-state index < -0.39 is 0 Å². The van der Waals surface area contributed by atoms with Crippen molar-refractivity contribution < 1.29 is 0 Å². The Balaban J connectivity index is 2.78. The van der Waals surface area contributed by atoms with Gasteiger partial charge in [0.2, 0.25) is 0 Å². The van der Waals surface area contributed by atoms with Gasteiger partial charge in [-0.15, -0.1) is 0 Å². The van der Waals surface area contributed by atoms with Crippen LogP contribution in [0.1, 0.15) is 32.6 Å². The third-order valence-corrected chi connectivity index (χ3v) is 1.92. The molecule has 0 radical (unpaired) electrons. The molecule has 0 aliphatic heterocycles. The topological polar surface area (TPSA) is 55.9 Å². The molecule has 0 aromatic carbocycles. The second-order valence-corrected chi connectivity index (χ2v) is 3.36. The summed E-state index contributed by atoms with van der Waals surface area (Å²) < 4.78 is 2.10. The Morgan fingerprint density at radius 1 is 1.62 bits per heavy atom. The van der Waals surface area contributed by atoms with Crippen LogP contribution in [-0.4, -0.2) is 16.1 Å². The first-order valence-corrected chi connectivity index (χ1v) is 4.69. The van der Waals surface area contributed by atoms with Gasteiger partial charge in [0.05, 0.1) is 6.54 Å². The van der Waals surface area contributed by atoms with Crippen molar-refractivity contribution in [1.82, 2.24) is 14.9 Å². The maximum atomic E-state index is 5.63. The van der Waals surface area contributed by atoms with Crippen molar-refractivity contribution in [2.24, 2.45) is 0 Å². The quantitative estimate of drug-likeness (QED) is 0.734. The van der Waals surface area contributed by atoms with E-state index in [1.807, 2.05) is 6.20 Å². The van der Waals surface area contributed by atoms with Crippen LogP contribution in [0.15, 0.2) is 6.20 Å². The van der Waals surface area contributed by atoms with Crippen LogP contribution in [0.3, 0.4) is 0 Å². The summed E-state index contributed by atoms with van der Waals surface area (Å²) in [7, 11) is 0. The molecule has 1 rings (SSSR count). The Bertz CT molecular complexity index is 265. The zero-order chi connectivity index (χ0) is 9.84. The molecule has 4 nitrogen and oxygen atoms in total. The van der Waals surface area contributed by atoms with Gasteiger partial charge in [0.25, 0.3) is 0 Å². The average molecular weight is 182 g/mol. The number of imidazole rings is 1. The summed E-state index contributed by atoms with van der Waals surface area (Å²) in [4.78, 5) is 4.25. The Morgan fingerprint density at radius 3 is 2.85 bits per heavy atom. The van der Waals surface area contributed by atoms with Crippen LogP contribution >= 0.6 is 0 Å². The zero-order valence-electron chi connectivity index (χ0n) is 8.54. The Hall–Kier alpha value is -1.03. The number of nitrogen functional groups attached to an aromatic ring is 1. The van der Waals surface area contributed by atoms with E-state index in [9.17, 15) is 0 Å². The molecule has 0 fully saturated rings. The molecule has 0 saturated heterocycles. The van der Waals surface area contributed by atoms with Gasteiger partial charge < -0.3 is 15.6 Å². The van der Waals surface area contributed by atoms with Gasteiger partial charge in [-0.2, -0.15) is 0 Å². The van der Waals surface area contributed by atoms with Crippen molar-refractivity contribution in [1.29, 1.82) is 0 Å². The molecule has 0 unspecified atom stereocenters. The normalized spacial score (nSPS) is 11.1. The number of rotatable bonds is 4. The molecule has 0 saturated carbocycles. The van der Waals surface area contributed by atoms with E-state index in [1.165, 1.54) is 0 Å². The van der Waals surface area contributed by atoms with Crippen LogP contribution in [0.25, 0.3) is 0 Å². The van der Waals surface area contributed by atoms with Crippen LogP contribution in [0.2, 0.25) is 0 Å². The zero-order valence-corrected chi connectivity index (χ0v) is 8.54. The fourth-order valence-electron chi connectivity index (χ4n) is 1.27. The van der Waals surface area contributed by atoms with Gasteiger partial charge in [-0.3, -0.25) is 0 Å². The number of nitrogens with two attached hydrogens (primary N) is 1. The summed E-state index contributed by atoms with van der Waals surface area (Å²) in [6.45, 7) is 8.05. The smallest absolute Gasteiger partial charge is 0.141 e. The van der Waals surface area contributed by atoms with Crippen molar-refractivity contribution in [3.05, 3.63) is 12.0 Å². The average Bonchev–Trinajstić information content (AvgIpc) is 2.43. The number of aromatic nitrogens is 2. The molecule has 0 spiro atoms. The van der Waals surface area contributed by atoms with Crippen molar-refractivity contribution in [3.8, 4) is 0 Å². The summed E-state index contributed by atoms with van der Waals surface area (Å²) in [6.07, 6.45) is 1.89. The molecule has 74 valence electrons. The summed E-state index contributed by atoms with van der Waals surface area (Å²) in [5, 5.41) is 3.23. The van der Waals surface area contributed by atoms with Crippen LogP contribution in [0.4, 0.5) is 5.82 Å². The van der Waals surface area contributed by atoms with E-state index >= 15 is 0 Å². The molecule has 0 amide bonds.